The molecule has 1 radical (unpaired) electrons. The molecule has 0 aromatic heterocycles. The Labute approximate surface area is 284 Å². The molecule has 2 aliphatic rings. The third-order valence-electron chi connectivity index (χ3n) is 7.88. The van der Waals surface area contributed by atoms with Crippen LogP contribution >= 0.6 is 0 Å². The SMILES string of the molecule is CC1=C(C)N(OCc2ccccc2)[CH-]N1Cc1ccccc1.CC1=C(C)N(OCc2ccccc2)[CH-]N1Cc1ccccc1.[Ag]. The van der Waals surface area contributed by atoms with E-state index >= 15 is 0 Å². The number of allylic oxidation sites excluding steroid dienone is 4. The van der Waals surface area contributed by atoms with E-state index in [2.05, 4.69) is 110 Å². The van der Waals surface area contributed by atoms with E-state index in [0.29, 0.717) is 13.2 Å². The Morgan fingerprint density at radius 3 is 1.02 bits per heavy atom. The Hall–Kier alpha value is -3.78. The van der Waals surface area contributed by atoms with E-state index in [1.165, 1.54) is 33.6 Å². The summed E-state index contributed by atoms with van der Waals surface area (Å²) in [5.74, 6) is 0. The van der Waals surface area contributed by atoms with Crippen LogP contribution in [0.4, 0.5) is 0 Å². The van der Waals surface area contributed by atoms with Gasteiger partial charge in [0.2, 0.25) is 0 Å². The van der Waals surface area contributed by atoms with Crippen molar-refractivity contribution in [3.05, 3.63) is 180 Å². The summed E-state index contributed by atoms with van der Waals surface area (Å²) in [5.41, 5.74) is 9.62. The number of rotatable bonds is 10. The quantitative estimate of drug-likeness (QED) is 0.122. The van der Waals surface area contributed by atoms with Crippen LogP contribution in [0.5, 0.6) is 0 Å². The molecule has 2 heterocycles. The van der Waals surface area contributed by atoms with Gasteiger partial charge in [0.1, 0.15) is 0 Å². The third-order valence-corrected chi connectivity index (χ3v) is 7.88. The number of hydroxylamine groups is 4. The van der Waals surface area contributed by atoms with Gasteiger partial charge >= 0.3 is 0 Å². The van der Waals surface area contributed by atoms with Gasteiger partial charge in [-0.3, -0.25) is 9.68 Å². The molecule has 0 N–H and O–H groups in total. The molecule has 0 unspecified atom stereocenters. The largest absolute Gasteiger partial charge is 0.500 e. The topological polar surface area (TPSA) is 31.4 Å². The third kappa shape index (κ3) is 9.60. The van der Waals surface area contributed by atoms with Crippen LogP contribution in [0.25, 0.3) is 0 Å². The summed E-state index contributed by atoms with van der Waals surface area (Å²) in [5, 5.41) is 3.73. The molecule has 45 heavy (non-hydrogen) atoms. The standard InChI is InChI=1S/2C19H21N2O.Ag/c2*1-16-17(2)21(22-14-19-11-7-4-8-12-19)15-20(16)13-18-9-5-3-6-10-18;/h2*3-12,15H,13-14H2,1-2H3;/q2*-1;. The van der Waals surface area contributed by atoms with Crippen LogP contribution in [0, 0.1) is 13.3 Å². The average Bonchev–Trinajstić information content (AvgIpc) is 3.49. The van der Waals surface area contributed by atoms with Gasteiger partial charge in [-0.25, -0.2) is 0 Å². The normalized spacial score (nSPS) is 14.5. The molecular formula is C38H42AgN4O2-2. The Morgan fingerprint density at radius 2 is 0.711 bits per heavy atom. The first-order valence-electron chi connectivity index (χ1n) is 15.1. The molecule has 4 aromatic carbocycles. The Bertz CT molecular complexity index is 1400. The number of hydrogen-bond acceptors (Lipinski definition) is 6. The fraction of sp³-hybridized carbons (Fsp3) is 0.211. The smallest absolute Gasteiger partial charge is 0.0966 e. The molecule has 2 aliphatic heterocycles. The first kappa shape index (κ1) is 34.1. The van der Waals surface area contributed by atoms with Crippen molar-refractivity contribution < 1.29 is 32.1 Å². The van der Waals surface area contributed by atoms with Crippen molar-refractivity contribution >= 4 is 0 Å². The van der Waals surface area contributed by atoms with E-state index in [1.807, 2.05) is 72.0 Å². The van der Waals surface area contributed by atoms with Gasteiger partial charge in [0.15, 0.2) is 0 Å². The Morgan fingerprint density at radius 1 is 0.422 bits per heavy atom. The van der Waals surface area contributed by atoms with Crippen LogP contribution in [0.2, 0.25) is 0 Å². The molecule has 0 spiro atoms. The zero-order valence-electron chi connectivity index (χ0n) is 26.4. The van der Waals surface area contributed by atoms with Gasteiger partial charge < -0.3 is 19.9 Å². The molecule has 0 saturated carbocycles. The zero-order valence-corrected chi connectivity index (χ0v) is 27.9. The first-order chi connectivity index (χ1) is 21.5. The van der Waals surface area contributed by atoms with E-state index in [4.69, 9.17) is 9.68 Å². The summed E-state index contributed by atoms with van der Waals surface area (Å²) in [7, 11) is 0. The molecule has 239 valence electrons. The van der Waals surface area contributed by atoms with Crippen molar-refractivity contribution in [1.29, 1.82) is 0 Å². The van der Waals surface area contributed by atoms with E-state index in [0.717, 1.165) is 24.5 Å². The van der Waals surface area contributed by atoms with Gasteiger partial charge in [-0.05, 0) is 49.9 Å². The Kier molecular flexibility index (Phi) is 12.9. The van der Waals surface area contributed by atoms with Crippen LogP contribution < -0.4 is 0 Å². The van der Waals surface area contributed by atoms with Crippen molar-refractivity contribution in [3.63, 3.8) is 0 Å². The second-order valence-corrected chi connectivity index (χ2v) is 11.0. The molecule has 0 fully saturated rings. The number of benzene rings is 4. The van der Waals surface area contributed by atoms with E-state index in [9.17, 15) is 0 Å². The fourth-order valence-electron chi connectivity index (χ4n) is 4.91. The minimum absolute atomic E-state index is 0. The molecule has 7 heteroatoms. The van der Waals surface area contributed by atoms with Crippen molar-refractivity contribution in [2.75, 3.05) is 0 Å². The van der Waals surface area contributed by atoms with Crippen molar-refractivity contribution in [2.45, 2.75) is 54.0 Å². The molecule has 0 atom stereocenters. The van der Waals surface area contributed by atoms with Gasteiger partial charge in [0, 0.05) is 58.3 Å². The molecule has 0 amide bonds. The molecular weight excluding hydrogens is 652 g/mol. The second kappa shape index (κ2) is 17.1. The summed E-state index contributed by atoms with van der Waals surface area (Å²) in [6.07, 6.45) is 0. The average molecular weight is 695 g/mol. The summed E-state index contributed by atoms with van der Waals surface area (Å²) >= 11 is 0. The van der Waals surface area contributed by atoms with E-state index in [-0.39, 0.29) is 22.4 Å². The second-order valence-electron chi connectivity index (χ2n) is 11.0. The Balaban J connectivity index is 0.000000200. The predicted molar refractivity (Wildman–Crippen MR) is 175 cm³/mol. The molecule has 6 rings (SSSR count). The van der Waals surface area contributed by atoms with E-state index < -0.39 is 0 Å². The minimum atomic E-state index is 0. The van der Waals surface area contributed by atoms with Gasteiger partial charge in [-0.15, -0.1) is 13.3 Å². The van der Waals surface area contributed by atoms with Crippen molar-refractivity contribution in [2.24, 2.45) is 0 Å². The molecule has 0 saturated heterocycles. The van der Waals surface area contributed by atoms with Crippen LogP contribution in [0.15, 0.2) is 144 Å². The zero-order chi connectivity index (χ0) is 30.7. The maximum absolute atomic E-state index is 5.92. The van der Waals surface area contributed by atoms with E-state index in [1.54, 1.807) is 0 Å². The van der Waals surface area contributed by atoms with Crippen LogP contribution in [0.1, 0.15) is 49.9 Å². The summed E-state index contributed by atoms with van der Waals surface area (Å²) in [6, 6.07) is 41.4. The van der Waals surface area contributed by atoms with Crippen molar-refractivity contribution in [1.82, 2.24) is 19.9 Å². The van der Waals surface area contributed by atoms with Crippen molar-refractivity contribution in [3.8, 4) is 0 Å². The van der Waals surface area contributed by atoms with Gasteiger partial charge in [0.05, 0.1) is 13.2 Å². The van der Waals surface area contributed by atoms with Gasteiger partial charge in [-0.2, -0.15) is 0 Å². The molecule has 4 aromatic rings. The van der Waals surface area contributed by atoms with Gasteiger partial charge in [0.25, 0.3) is 0 Å². The molecule has 6 nitrogen and oxygen atoms in total. The maximum atomic E-state index is 5.92. The summed E-state index contributed by atoms with van der Waals surface area (Å²) < 4.78 is 0. The van der Waals surface area contributed by atoms with Crippen LogP contribution in [0.3, 0.4) is 0 Å². The summed E-state index contributed by atoms with van der Waals surface area (Å²) in [6.45, 7) is 15.3. The molecule has 0 bridgehead atoms. The molecule has 0 aliphatic carbocycles. The van der Waals surface area contributed by atoms with Gasteiger partial charge in [-0.1, -0.05) is 121 Å². The number of nitrogens with zero attached hydrogens (tertiary/aromatic N) is 4. The van der Waals surface area contributed by atoms with Crippen LogP contribution in [-0.4, -0.2) is 19.9 Å². The minimum Gasteiger partial charge on any atom is -0.500 e. The first-order valence-corrected chi connectivity index (χ1v) is 15.1. The fourth-order valence-corrected chi connectivity index (χ4v) is 4.91. The monoisotopic (exact) mass is 693 g/mol. The number of hydrogen-bond donors (Lipinski definition) is 0. The summed E-state index contributed by atoms with van der Waals surface area (Å²) in [4.78, 5) is 16.3. The maximum Gasteiger partial charge on any atom is 0.0966 e. The predicted octanol–water partition coefficient (Wildman–Crippen LogP) is 8.61. The van der Waals surface area contributed by atoms with Crippen LogP contribution in [-0.2, 0) is 58.4 Å².